The molecule has 0 radical (unpaired) electrons. The molecule has 6 heteroatoms. The third-order valence-electron chi connectivity index (χ3n) is 4.49. The minimum atomic E-state index is -0.545. The highest BCUT2D eigenvalue weighted by Crippen LogP contribution is 2.28. The van der Waals surface area contributed by atoms with Gasteiger partial charge in [0.1, 0.15) is 5.82 Å². The molecular formula is C19H18ClFN2O2. The fraction of sp³-hybridized carbons (Fsp3) is 0.263. The van der Waals surface area contributed by atoms with Crippen molar-refractivity contribution < 1.29 is 14.0 Å². The van der Waals surface area contributed by atoms with Crippen molar-refractivity contribution in [2.45, 2.75) is 20.3 Å². The molecule has 1 saturated heterocycles. The van der Waals surface area contributed by atoms with E-state index in [1.165, 1.54) is 18.2 Å². The number of benzene rings is 2. The normalized spacial score (nSPS) is 17.0. The minimum Gasteiger partial charge on any atom is -0.326 e. The Labute approximate surface area is 150 Å². The lowest BCUT2D eigenvalue weighted by atomic mass is 10.1. The largest absolute Gasteiger partial charge is 0.326 e. The Morgan fingerprint density at radius 3 is 2.64 bits per heavy atom. The van der Waals surface area contributed by atoms with Gasteiger partial charge in [-0.3, -0.25) is 9.59 Å². The summed E-state index contributed by atoms with van der Waals surface area (Å²) in [6, 6.07) is 9.79. The fourth-order valence-corrected chi connectivity index (χ4v) is 3.02. The van der Waals surface area contributed by atoms with E-state index < -0.39 is 11.7 Å². The van der Waals surface area contributed by atoms with Crippen molar-refractivity contribution >= 4 is 34.8 Å². The number of nitrogens with zero attached hydrogens (tertiary/aromatic N) is 1. The van der Waals surface area contributed by atoms with E-state index in [4.69, 9.17) is 11.6 Å². The van der Waals surface area contributed by atoms with Crippen LogP contribution in [0.1, 0.15) is 17.5 Å². The second-order valence-electron chi connectivity index (χ2n) is 6.29. The van der Waals surface area contributed by atoms with E-state index >= 15 is 0 Å². The van der Waals surface area contributed by atoms with Gasteiger partial charge < -0.3 is 10.2 Å². The number of halogens is 2. The van der Waals surface area contributed by atoms with Crippen LogP contribution in [0.3, 0.4) is 0 Å². The standard InChI is InChI=1S/C19H18ClFN2O2/c1-11-3-5-15(7-12(11)2)23-10-13(8-18(23)24)19(25)22-14-4-6-17(21)16(20)9-14/h3-7,9,13H,8,10H2,1-2H3,(H,22,25)/t13-/m1/s1. The fourth-order valence-electron chi connectivity index (χ4n) is 2.84. The topological polar surface area (TPSA) is 49.4 Å². The van der Waals surface area contributed by atoms with Crippen molar-refractivity contribution in [2.75, 3.05) is 16.8 Å². The lowest BCUT2D eigenvalue weighted by Crippen LogP contribution is -2.28. The molecule has 0 aliphatic carbocycles. The van der Waals surface area contributed by atoms with Gasteiger partial charge in [-0.15, -0.1) is 0 Å². The maximum absolute atomic E-state index is 13.2. The molecule has 25 heavy (non-hydrogen) atoms. The highest BCUT2D eigenvalue weighted by Gasteiger charge is 2.35. The molecule has 0 unspecified atom stereocenters. The van der Waals surface area contributed by atoms with Crippen molar-refractivity contribution in [3.63, 3.8) is 0 Å². The van der Waals surface area contributed by atoms with Gasteiger partial charge in [0, 0.05) is 24.3 Å². The Kier molecular flexibility index (Phi) is 4.77. The molecule has 1 N–H and O–H groups in total. The number of hydrogen-bond acceptors (Lipinski definition) is 2. The quantitative estimate of drug-likeness (QED) is 0.896. The third-order valence-corrected chi connectivity index (χ3v) is 4.77. The van der Waals surface area contributed by atoms with Crippen LogP contribution in [-0.2, 0) is 9.59 Å². The van der Waals surface area contributed by atoms with Crippen LogP contribution in [0.4, 0.5) is 15.8 Å². The maximum atomic E-state index is 13.2. The van der Waals surface area contributed by atoms with Crippen LogP contribution < -0.4 is 10.2 Å². The molecular weight excluding hydrogens is 343 g/mol. The Bertz CT molecular complexity index is 853. The zero-order valence-electron chi connectivity index (χ0n) is 14.0. The summed E-state index contributed by atoms with van der Waals surface area (Å²) >= 11 is 5.72. The van der Waals surface area contributed by atoms with E-state index in [9.17, 15) is 14.0 Å². The molecule has 130 valence electrons. The number of nitrogens with one attached hydrogen (secondary N) is 1. The first-order valence-electron chi connectivity index (χ1n) is 7.98. The van der Waals surface area contributed by atoms with Crippen molar-refractivity contribution in [3.8, 4) is 0 Å². The third kappa shape index (κ3) is 3.66. The van der Waals surface area contributed by atoms with E-state index in [1.807, 2.05) is 32.0 Å². The zero-order chi connectivity index (χ0) is 18.1. The first-order valence-corrected chi connectivity index (χ1v) is 8.36. The van der Waals surface area contributed by atoms with Crippen LogP contribution in [0, 0.1) is 25.6 Å². The van der Waals surface area contributed by atoms with Crippen LogP contribution in [0.15, 0.2) is 36.4 Å². The van der Waals surface area contributed by atoms with Gasteiger partial charge in [-0.2, -0.15) is 0 Å². The Balaban J connectivity index is 1.71. The summed E-state index contributed by atoms with van der Waals surface area (Å²) in [7, 11) is 0. The van der Waals surface area contributed by atoms with E-state index in [0.29, 0.717) is 12.2 Å². The van der Waals surface area contributed by atoms with Gasteiger partial charge in [0.2, 0.25) is 11.8 Å². The van der Waals surface area contributed by atoms with Crippen LogP contribution in [0.2, 0.25) is 5.02 Å². The second-order valence-corrected chi connectivity index (χ2v) is 6.70. The number of carbonyl (C=O) groups is 2. The Morgan fingerprint density at radius 1 is 1.20 bits per heavy atom. The van der Waals surface area contributed by atoms with Crippen molar-refractivity contribution in [1.82, 2.24) is 0 Å². The number of anilines is 2. The van der Waals surface area contributed by atoms with Gasteiger partial charge in [0.25, 0.3) is 0 Å². The summed E-state index contributed by atoms with van der Waals surface area (Å²) < 4.78 is 13.2. The number of rotatable bonds is 3. The van der Waals surface area contributed by atoms with Gasteiger partial charge in [-0.1, -0.05) is 17.7 Å². The number of carbonyl (C=O) groups excluding carboxylic acids is 2. The van der Waals surface area contributed by atoms with Crippen LogP contribution in [-0.4, -0.2) is 18.4 Å². The first kappa shape index (κ1) is 17.4. The lowest BCUT2D eigenvalue weighted by molar-refractivity contribution is -0.122. The van der Waals surface area contributed by atoms with Gasteiger partial charge in [0.15, 0.2) is 0 Å². The molecule has 0 aromatic heterocycles. The predicted octanol–water partition coefficient (Wildman–Crippen LogP) is 4.09. The van der Waals surface area contributed by atoms with E-state index in [1.54, 1.807) is 4.90 Å². The summed E-state index contributed by atoms with van der Waals surface area (Å²) in [6.07, 6.45) is 0.147. The van der Waals surface area contributed by atoms with Gasteiger partial charge in [-0.25, -0.2) is 4.39 Å². The SMILES string of the molecule is Cc1ccc(N2C[C@H](C(=O)Nc3ccc(F)c(Cl)c3)CC2=O)cc1C. The second kappa shape index (κ2) is 6.84. The van der Waals surface area contributed by atoms with Crippen molar-refractivity contribution in [3.05, 3.63) is 58.4 Å². The van der Waals surface area contributed by atoms with Crippen LogP contribution in [0.5, 0.6) is 0 Å². The Hall–Kier alpha value is -2.40. The minimum absolute atomic E-state index is 0.0583. The molecule has 3 rings (SSSR count). The molecule has 1 aliphatic heterocycles. The molecule has 1 heterocycles. The van der Waals surface area contributed by atoms with Crippen molar-refractivity contribution in [2.24, 2.45) is 5.92 Å². The lowest BCUT2D eigenvalue weighted by Gasteiger charge is -2.18. The molecule has 2 aromatic rings. The summed E-state index contributed by atoms with van der Waals surface area (Å²) in [5.41, 5.74) is 3.46. The molecule has 1 fully saturated rings. The van der Waals surface area contributed by atoms with Crippen LogP contribution in [0.25, 0.3) is 0 Å². The van der Waals surface area contributed by atoms with Crippen molar-refractivity contribution in [1.29, 1.82) is 0 Å². The number of aryl methyl sites for hydroxylation is 2. The highest BCUT2D eigenvalue weighted by atomic mass is 35.5. The molecule has 2 aromatic carbocycles. The average Bonchev–Trinajstić information content (AvgIpc) is 2.95. The summed E-state index contributed by atoms with van der Waals surface area (Å²) in [4.78, 5) is 26.4. The predicted molar refractivity (Wildman–Crippen MR) is 96.4 cm³/mol. The number of amides is 2. The molecule has 1 aliphatic rings. The molecule has 0 saturated carbocycles. The van der Waals surface area contributed by atoms with E-state index in [-0.39, 0.29) is 23.3 Å². The van der Waals surface area contributed by atoms with E-state index in [2.05, 4.69) is 5.32 Å². The molecule has 4 nitrogen and oxygen atoms in total. The van der Waals surface area contributed by atoms with Crippen LogP contribution >= 0.6 is 11.6 Å². The van der Waals surface area contributed by atoms with Gasteiger partial charge in [0.05, 0.1) is 10.9 Å². The molecule has 0 spiro atoms. The molecule has 1 atom stereocenters. The molecule has 2 amide bonds. The Morgan fingerprint density at radius 2 is 1.96 bits per heavy atom. The maximum Gasteiger partial charge on any atom is 0.229 e. The highest BCUT2D eigenvalue weighted by molar-refractivity contribution is 6.31. The average molecular weight is 361 g/mol. The molecule has 0 bridgehead atoms. The van der Waals surface area contributed by atoms with E-state index in [0.717, 1.165) is 16.8 Å². The number of hydrogen-bond donors (Lipinski definition) is 1. The zero-order valence-corrected chi connectivity index (χ0v) is 14.7. The van der Waals surface area contributed by atoms with Gasteiger partial charge in [-0.05, 0) is 55.3 Å². The smallest absolute Gasteiger partial charge is 0.229 e. The summed E-state index contributed by atoms with van der Waals surface area (Å²) in [5, 5.41) is 2.64. The summed E-state index contributed by atoms with van der Waals surface area (Å²) in [6.45, 7) is 4.32. The monoisotopic (exact) mass is 360 g/mol. The van der Waals surface area contributed by atoms with Gasteiger partial charge >= 0.3 is 0 Å². The first-order chi connectivity index (χ1) is 11.8. The summed E-state index contributed by atoms with van der Waals surface area (Å²) in [5.74, 6) is -1.36.